The van der Waals surface area contributed by atoms with E-state index in [2.05, 4.69) is 10.2 Å². The second-order valence-electron chi connectivity index (χ2n) is 2.51. The monoisotopic (exact) mass is 156 g/mol. The first kappa shape index (κ1) is 6.98. The van der Waals surface area contributed by atoms with E-state index in [0.717, 1.165) is 11.3 Å². The summed E-state index contributed by atoms with van der Waals surface area (Å²) in [6.07, 6.45) is 5.56. The molecule has 0 saturated carbocycles. The molecule has 0 amide bonds. The summed E-state index contributed by atoms with van der Waals surface area (Å²) in [5.41, 5.74) is 2.05. The largest absolute Gasteiger partial charge is 0.158 e. The summed E-state index contributed by atoms with van der Waals surface area (Å²) in [4.78, 5) is 0. The van der Waals surface area contributed by atoms with Gasteiger partial charge in [0.25, 0.3) is 0 Å². The van der Waals surface area contributed by atoms with Gasteiger partial charge in [0.05, 0.1) is 11.9 Å². The molecule has 2 heteroatoms. The molecule has 1 aromatic carbocycles. The van der Waals surface area contributed by atoms with Crippen molar-refractivity contribution in [3.63, 3.8) is 0 Å². The van der Waals surface area contributed by atoms with Crippen molar-refractivity contribution in [2.45, 2.75) is 0 Å². The number of rotatable bonds is 1. The van der Waals surface area contributed by atoms with E-state index in [0.29, 0.717) is 0 Å². The Morgan fingerprint density at radius 3 is 2.58 bits per heavy atom. The SMILES string of the molecule is C1=CC(=Cc2ccccc2)N=N1. The normalized spacial score (nSPS) is 17.5. The molecule has 12 heavy (non-hydrogen) atoms. The Bertz CT molecular complexity index is 333. The third kappa shape index (κ3) is 1.48. The maximum Gasteiger partial charge on any atom is 0.0878 e. The molecule has 1 aliphatic rings. The molecule has 58 valence electrons. The van der Waals surface area contributed by atoms with Gasteiger partial charge in [0.2, 0.25) is 0 Å². The third-order valence-corrected chi connectivity index (χ3v) is 1.60. The molecule has 1 heterocycles. The predicted molar refractivity (Wildman–Crippen MR) is 48.4 cm³/mol. The smallest absolute Gasteiger partial charge is 0.0878 e. The fraction of sp³-hybridized carbons (Fsp3) is 0. The van der Waals surface area contributed by atoms with Crippen LogP contribution in [0, 0.1) is 0 Å². The van der Waals surface area contributed by atoms with Crippen LogP contribution < -0.4 is 0 Å². The van der Waals surface area contributed by atoms with Crippen LogP contribution in [0.2, 0.25) is 0 Å². The Morgan fingerprint density at radius 1 is 1.08 bits per heavy atom. The van der Waals surface area contributed by atoms with Gasteiger partial charge in [-0.25, -0.2) is 0 Å². The van der Waals surface area contributed by atoms with Gasteiger partial charge in [-0.1, -0.05) is 30.3 Å². The molecule has 0 radical (unpaired) electrons. The average Bonchev–Trinajstić information content (AvgIpc) is 2.59. The Hall–Kier alpha value is -1.70. The molecule has 0 unspecified atom stereocenters. The van der Waals surface area contributed by atoms with Crippen LogP contribution in [0.5, 0.6) is 0 Å². The van der Waals surface area contributed by atoms with E-state index >= 15 is 0 Å². The zero-order chi connectivity index (χ0) is 8.23. The lowest BCUT2D eigenvalue weighted by Gasteiger charge is -1.90. The van der Waals surface area contributed by atoms with E-state index in [-0.39, 0.29) is 0 Å². The van der Waals surface area contributed by atoms with Crippen molar-refractivity contribution in [2.75, 3.05) is 0 Å². The highest BCUT2D eigenvalue weighted by Crippen LogP contribution is 2.12. The van der Waals surface area contributed by atoms with E-state index in [4.69, 9.17) is 0 Å². The van der Waals surface area contributed by atoms with Gasteiger partial charge in [-0.15, -0.1) is 0 Å². The summed E-state index contributed by atoms with van der Waals surface area (Å²) < 4.78 is 0. The molecule has 1 aliphatic heterocycles. The first-order valence-electron chi connectivity index (χ1n) is 3.79. The molecule has 0 aliphatic carbocycles. The molecule has 0 bridgehead atoms. The number of allylic oxidation sites excluding steroid dienone is 1. The lowest BCUT2D eigenvalue weighted by Crippen LogP contribution is -1.71. The van der Waals surface area contributed by atoms with Crippen molar-refractivity contribution >= 4 is 6.08 Å². The van der Waals surface area contributed by atoms with Crippen LogP contribution in [0.3, 0.4) is 0 Å². The van der Waals surface area contributed by atoms with Gasteiger partial charge in [0, 0.05) is 0 Å². The fourth-order valence-electron chi connectivity index (χ4n) is 1.04. The summed E-state index contributed by atoms with van der Waals surface area (Å²) in [5, 5.41) is 7.64. The quantitative estimate of drug-likeness (QED) is 0.597. The molecule has 1 aromatic rings. The molecular weight excluding hydrogens is 148 g/mol. The van der Waals surface area contributed by atoms with E-state index in [1.807, 2.05) is 42.5 Å². The van der Waals surface area contributed by atoms with Gasteiger partial charge in [0.15, 0.2) is 0 Å². The average molecular weight is 156 g/mol. The highest BCUT2D eigenvalue weighted by molar-refractivity contribution is 5.55. The van der Waals surface area contributed by atoms with E-state index in [9.17, 15) is 0 Å². The summed E-state index contributed by atoms with van der Waals surface area (Å²) in [5.74, 6) is 0. The Morgan fingerprint density at radius 2 is 1.92 bits per heavy atom. The van der Waals surface area contributed by atoms with Crippen LogP contribution in [-0.4, -0.2) is 0 Å². The van der Waals surface area contributed by atoms with Crippen LogP contribution in [0.1, 0.15) is 5.56 Å². The highest BCUT2D eigenvalue weighted by Gasteiger charge is 1.93. The van der Waals surface area contributed by atoms with Crippen LogP contribution in [0.15, 0.2) is 58.5 Å². The third-order valence-electron chi connectivity index (χ3n) is 1.60. The van der Waals surface area contributed by atoms with Crippen molar-refractivity contribution in [2.24, 2.45) is 10.2 Å². The number of azo groups is 1. The van der Waals surface area contributed by atoms with Gasteiger partial charge in [-0.2, -0.15) is 10.2 Å². The Kier molecular flexibility index (Phi) is 1.82. The van der Waals surface area contributed by atoms with Crippen LogP contribution in [-0.2, 0) is 0 Å². The zero-order valence-electron chi connectivity index (χ0n) is 6.51. The summed E-state index contributed by atoms with van der Waals surface area (Å²) in [6.45, 7) is 0. The van der Waals surface area contributed by atoms with Crippen molar-refractivity contribution in [3.8, 4) is 0 Å². The molecular formula is C10H8N2. The molecule has 0 atom stereocenters. The number of benzene rings is 1. The van der Waals surface area contributed by atoms with Gasteiger partial charge in [-0.3, -0.25) is 0 Å². The minimum atomic E-state index is 0.904. The summed E-state index contributed by atoms with van der Waals surface area (Å²) in [6, 6.07) is 10.1. The lowest BCUT2D eigenvalue weighted by atomic mass is 10.2. The molecule has 0 aromatic heterocycles. The van der Waals surface area contributed by atoms with Crippen LogP contribution in [0.4, 0.5) is 0 Å². The standard InChI is InChI=1S/C10H8N2/c1-2-4-9(5-3-1)8-10-6-7-11-12-10/h1-8H. The molecule has 0 saturated heterocycles. The first-order chi connectivity index (χ1) is 5.95. The van der Waals surface area contributed by atoms with E-state index in [1.165, 1.54) is 0 Å². The van der Waals surface area contributed by atoms with E-state index in [1.54, 1.807) is 6.20 Å². The molecule has 0 fully saturated rings. The minimum Gasteiger partial charge on any atom is -0.158 e. The van der Waals surface area contributed by atoms with Crippen molar-refractivity contribution < 1.29 is 0 Å². The topological polar surface area (TPSA) is 24.7 Å². The molecule has 2 rings (SSSR count). The number of hydrogen-bond acceptors (Lipinski definition) is 2. The van der Waals surface area contributed by atoms with Crippen molar-refractivity contribution in [1.29, 1.82) is 0 Å². The summed E-state index contributed by atoms with van der Waals surface area (Å²) >= 11 is 0. The van der Waals surface area contributed by atoms with Crippen molar-refractivity contribution in [1.82, 2.24) is 0 Å². The van der Waals surface area contributed by atoms with Crippen LogP contribution in [0.25, 0.3) is 6.08 Å². The second kappa shape index (κ2) is 3.13. The second-order valence-corrected chi connectivity index (χ2v) is 2.51. The Balaban J connectivity index is 2.29. The maximum atomic E-state index is 3.91. The molecule has 2 nitrogen and oxygen atoms in total. The number of hydrogen-bond donors (Lipinski definition) is 0. The highest BCUT2D eigenvalue weighted by atomic mass is 15.1. The van der Waals surface area contributed by atoms with Gasteiger partial charge in [0.1, 0.15) is 0 Å². The molecule has 0 N–H and O–H groups in total. The first-order valence-corrected chi connectivity index (χ1v) is 3.79. The number of nitrogens with zero attached hydrogens (tertiary/aromatic N) is 2. The Labute approximate surface area is 71.0 Å². The predicted octanol–water partition coefficient (Wildman–Crippen LogP) is 3.01. The van der Waals surface area contributed by atoms with Crippen molar-refractivity contribution in [3.05, 3.63) is 53.9 Å². The maximum absolute atomic E-state index is 3.91. The van der Waals surface area contributed by atoms with Gasteiger partial charge in [-0.05, 0) is 17.7 Å². The van der Waals surface area contributed by atoms with Crippen LogP contribution >= 0.6 is 0 Å². The van der Waals surface area contributed by atoms with Gasteiger partial charge >= 0.3 is 0 Å². The fourth-order valence-corrected chi connectivity index (χ4v) is 1.04. The minimum absolute atomic E-state index is 0.904. The molecule has 0 spiro atoms. The zero-order valence-corrected chi connectivity index (χ0v) is 6.51. The van der Waals surface area contributed by atoms with Gasteiger partial charge < -0.3 is 0 Å². The van der Waals surface area contributed by atoms with E-state index < -0.39 is 0 Å². The lowest BCUT2D eigenvalue weighted by molar-refractivity contribution is 1.24. The summed E-state index contributed by atoms with van der Waals surface area (Å²) in [7, 11) is 0.